The zero-order chi connectivity index (χ0) is 19.2. The Labute approximate surface area is 168 Å². The molecule has 1 aromatic heterocycles. The van der Waals surface area contributed by atoms with Gasteiger partial charge >= 0.3 is 0 Å². The minimum Gasteiger partial charge on any atom is -0.493 e. The van der Waals surface area contributed by atoms with E-state index in [2.05, 4.69) is 24.9 Å². The number of nitrogens with zero attached hydrogens (tertiary/aromatic N) is 2. The third kappa shape index (κ3) is 5.19. The summed E-state index contributed by atoms with van der Waals surface area (Å²) in [6.07, 6.45) is 1.84. The van der Waals surface area contributed by atoms with Gasteiger partial charge in [0.1, 0.15) is 16.8 Å². The van der Waals surface area contributed by atoms with Crippen LogP contribution in [-0.2, 0) is 0 Å². The predicted octanol–water partition coefficient (Wildman–Crippen LogP) is 6.56. The molecule has 3 rings (SSSR count). The molecule has 5 heteroatoms. The van der Waals surface area contributed by atoms with Crippen LogP contribution < -0.4 is 4.74 Å². The molecule has 0 N–H and O–H groups in total. The van der Waals surface area contributed by atoms with Gasteiger partial charge in [-0.2, -0.15) is 5.26 Å². The summed E-state index contributed by atoms with van der Waals surface area (Å²) >= 11 is 7.39. The van der Waals surface area contributed by atoms with Gasteiger partial charge in [0.15, 0.2) is 0 Å². The molecule has 0 atom stereocenters. The molecule has 0 spiro atoms. The van der Waals surface area contributed by atoms with Crippen molar-refractivity contribution in [3.8, 4) is 23.1 Å². The van der Waals surface area contributed by atoms with E-state index in [1.54, 1.807) is 0 Å². The number of allylic oxidation sites excluding steroid dienone is 1. The van der Waals surface area contributed by atoms with E-state index in [0.29, 0.717) is 28.1 Å². The quantitative estimate of drug-likeness (QED) is 0.444. The Kier molecular flexibility index (Phi) is 6.28. The number of rotatable bonds is 6. The summed E-state index contributed by atoms with van der Waals surface area (Å²) in [7, 11) is 0. The summed E-state index contributed by atoms with van der Waals surface area (Å²) in [5.74, 6) is 1.31. The largest absolute Gasteiger partial charge is 0.493 e. The second-order valence-electron chi connectivity index (χ2n) is 6.49. The van der Waals surface area contributed by atoms with Crippen LogP contribution in [0.3, 0.4) is 0 Å². The minimum absolute atomic E-state index is 0.481. The average Bonchev–Trinajstić information content (AvgIpc) is 3.16. The van der Waals surface area contributed by atoms with Crippen LogP contribution >= 0.6 is 22.9 Å². The van der Waals surface area contributed by atoms with E-state index in [0.717, 1.165) is 22.6 Å². The molecule has 0 aliphatic rings. The van der Waals surface area contributed by atoms with E-state index < -0.39 is 0 Å². The van der Waals surface area contributed by atoms with Crippen LogP contribution in [0.25, 0.3) is 22.9 Å². The van der Waals surface area contributed by atoms with Crippen LogP contribution in [-0.4, -0.2) is 11.6 Å². The molecule has 0 fully saturated rings. The Hall–Kier alpha value is -2.61. The van der Waals surface area contributed by atoms with Crippen LogP contribution in [0.5, 0.6) is 5.75 Å². The number of halogens is 1. The van der Waals surface area contributed by atoms with Crippen LogP contribution in [0.4, 0.5) is 0 Å². The summed E-state index contributed by atoms with van der Waals surface area (Å²) in [4.78, 5) is 4.60. The fraction of sp³-hybridized carbons (Fsp3) is 0.182. The zero-order valence-electron chi connectivity index (χ0n) is 15.1. The van der Waals surface area contributed by atoms with E-state index >= 15 is 0 Å². The Morgan fingerprint density at radius 3 is 2.52 bits per heavy atom. The summed E-state index contributed by atoms with van der Waals surface area (Å²) in [5.41, 5.74) is 3.29. The van der Waals surface area contributed by atoms with Crippen molar-refractivity contribution in [1.29, 1.82) is 5.26 Å². The first kappa shape index (κ1) is 19.2. The minimum atomic E-state index is 0.481. The molecule has 0 radical (unpaired) electrons. The number of thiazole rings is 1. The number of aromatic nitrogens is 1. The van der Waals surface area contributed by atoms with Crippen molar-refractivity contribution < 1.29 is 4.74 Å². The lowest BCUT2D eigenvalue weighted by Crippen LogP contribution is -2.04. The monoisotopic (exact) mass is 394 g/mol. The van der Waals surface area contributed by atoms with Crippen molar-refractivity contribution in [3.05, 3.63) is 69.5 Å². The first-order valence-electron chi connectivity index (χ1n) is 8.61. The van der Waals surface area contributed by atoms with Gasteiger partial charge < -0.3 is 4.74 Å². The molecular weight excluding hydrogens is 376 g/mol. The maximum absolute atomic E-state index is 9.56. The molecule has 0 aliphatic heterocycles. The molecule has 0 aliphatic carbocycles. The molecule has 0 amide bonds. The number of hydrogen-bond acceptors (Lipinski definition) is 4. The zero-order valence-corrected chi connectivity index (χ0v) is 16.7. The van der Waals surface area contributed by atoms with Gasteiger partial charge in [-0.1, -0.05) is 49.7 Å². The first-order chi connectivity index (χ1) is 13.0. The normalized spacial score (nSPS) is 11.4. The van der Waals surface area contributed by atoms with Crippen molar-refractivity contribution in [1.82, 2.24) is 4.98 Å². The number of nitriles is 1. The smallest absolute Gasteiger partial charge is 0.134 e. The van der Waals surface area contributed by atoms with Gasteiger partial charge in [0, 0.05) is 16.0 Å². The molecule has 27 heavy (non-hydrogen) atoms. The average molecular weight is 395 g/mol. The summed E-state index contributed by atoms with van der Waals surface area (Å²) in [6.45, 7) is 4.91. The molecule has 136 valence electrons. The van der Waals surface area contributed by atoms with Crippen molar-refractivity contribution in [2.75, 3.05) is 6.61 Å². The SMILES string of the molecule is CC(C)COc1ccc(/C=C(/C#N)c2nc(-c3ccc(Cl)cc3)cs2)cc1. The highest BCUT2D eigenvalue weighted by Gasteiger charge is 2.09. The van der Waals surface area contributed by atoms with Crippen LogP contribution in [0.2, 0.25) is 5.02 Å². The Morgan fingerprint density at radius 2 is 1.89 bits per heavy atom. The molecular formula is C22H19ClN2OS. The number of hydrogen-bond donors (Lipinski definition) is 0. The highest BCUT2D eigenvalue weighted by Crippen LogP contribution is 2.28. The van der Waals surface area contributed by atoms with Gasteiger partial charge in [-0.3, -0.25) is 0 Å². The highest BCUT2D eigenvalue weighted by atomic mass is 35.5. The fourth-order valence-electron chi connectivity index (χ4n) is 2.38. The van der Waals surface area contributed by atoms with Gasteiger partial charge in [-0.25, -0.2) is 4.98 Å². The third-order valence-electron chi connectivity index (χ3n) is 3.77. The van der Waals surface area contributed by atoms with E-state index in [1.807, 2.05) is 60.0 Å². The second-order valence-corrected chi connectivity index (χ2v) is 7.78. The standard InChI is InChI=1S/C22H19ClN2OS/c1-15(2)13-26-20-9-3-16(4-10-20)11-18(12-24)22-25-21(14-27-22)17-5-7-19(23)8-6-17/h3-11,14-15H,13H2,1-2H3/b18-11-. The lowest BCUT2D eigenvalue weighted by atomic mass is 10.1. The molecule has 3 nitrogen and oxygen atoms in total. The highest BCUT2D eigenvalue weighted by molar-refractivity contribution is 7.11. The van der Waals surface area contributed by atoms with Gasteiger partial charge in [0.2, 0.25) is 0 Å². The van der Waals surface area contributed by atoms with Crippen molar-refractivity contribution >= 4 is 34.6 Å². The Morgan fingerprint density at radius 1 is 1.19 bits per heavy atom. The van der Waals surface area contributed by atoms with Gasteiger partial charge in [0.25, 0.3) is 0 Å². The van der Waals surface area contributed by atoms with E-state index in [-0.39, 0.29) is 0 Å². The maximum Gasteiger partial charge on any atom is 0.134 e. The number of ether oxygens (including phenoxy) is 1. The van der Waals surface area contributed by atoms with Crippen molar-refractivity contribution in [2.24, 2.45) is 5.92 Å². The fourth-order valence-corrected chi connectivity index (χ4v) is 3.30. The van der Waals surface area contributed by atoms with Gasteiger partial charge in [-0.15, -0.1) is 11.3 Å². The predicted molar refractivity (Wildman–Crippen MR) is 113 cm³/mol. The molecule has 0 unspecified atom stereocenters. The Balaban J connectivity index is 1.79. The topological polar surface area (TPSA) is 45.9 Å². The maximum atomic E-state index is 9.56. The third-order valence-corrected chi connectivity index (χ3v) is 4.90. The summed E-state index contributed by atoms with van der Waals surface area (Å²) in [5, 5.41) is 12.9. The molecule has 0 saturated carbocycles. The molecule has 0 bridgehead atoms. The van der Waals surface area contributed by atoms with E-state index in [1.165, 1.54) is 11.3 Å². The van der Waals surface area contributed by atoms with E-state index in [9.17, 15) is 5.26 Å². The van der Waals surface area contributed by atoms with Crippen LogP contribution in [0.15, 0.2) is 53.9 Å². The van der Waals surface area contributed by atoms with Gasteiger partial charge in [0.05, 0.1) is 17.9 Å². The molecule has 1 heterocycles. The summed E-state index contributed by atoms with van der Waals surface area (Å²) in [6, 6.07) is 17.5. The molecule has 3 aromatic rings. The lowest BCUT2D eigenvalue weighted by Gasteiger charge is -2.08. The van der Waals surface area contributed by atoms with Crippen LogP contribution in [0, 0.1) is 17.2 Å². The van der Waals surface area contributed by atoms with Crippen LogP contribution in [0.1, 0.15) is 24.4 Å². The lowest BCUT2D eigenvalue weighted by molar-refractivity contribution is 0.271. The van der Waals surface area contributed by atoms with Gasteiger partial charge in [-0.05, 0) is 41.8 Å². The molecule has 0 saturated heterocycles. The van der Waals surface area contributed by atoms with Crippen molar-refractivity contribution in [2.45, 2.75) is 13.8 Å². The first-order valence-corrected chi connectivity index (χ1v) is 9.87. The number of benzene rings is 2. The molecule has 2 aromatic carbocycles. The summed E-state index contributed by atoms with van der Waals surface area (Å²) < 4.78 is 5.69. The van der Waals surface area contributed by atoms with E-state index in [4.69, 9.17) is 16.3 Å². The Bertz CT molecular complexity index is 967. The second kappa shape index (κ2) is 8.85. The van der Waals surface area contributed by atoms with Crippen molar-refractivity contribution in [3.63, 3.8) is 0 Å².